The van der Waals surface area contributed by atoms with E-state index < -0.39 is 4.87 Å². The molecule has 1 aromatic carbocycles. The maximum absolute atomic E-state index is 11.2. The van der Waals surface area contributed by atoms with Crippen molar-refractivity contribution in [1.82, 2.24) is 5.32 Å². The van der Waals surface area contributed by atoms with E-state index >= 15 is 0 Å². The van der Waals surface area contributed by atoms with Gasteiger partial charge in [-0.25, -0.2) is 0 Å². The van der Waals surface area contributed by atoms with E-state index in [1.54, 1.807) is 6.92 Å². The van der Waals surface area contributed by atoms with Crippen LogP contribution in [0.4, 0.5) is 0 Å². The largest absolute Gasteiger partial charge is 0.368 e. The molecule has 1 aliphatic rings. The highest BCUT2D eigenvalue weighted by Gasteiger charge is 2.36. The summed E-state index contributed by atoms with van der Waals surface area (Å²) < 4.78 is 0. The number of nitrogens with one attached hydrogen (secondary N) is 1. The van der Waals surface area contributed by atoms with E-state index in [-0.39, 0.29) is 5.91 Å². The third-order valence-electron chi connectivity index (χ3n) is 2.32. The fourth-order valence-electron chi connectivity index (χ4n) is 1.35. The summed E-state index contributed by atoms with van der Waals surface area (Å²) in [5.41, 5.74) is 6.41. The molecule has 0 radical (unpaired) electrons. The molecule has 2 rings (SSSR count). The summed E-state index contributed by atoms with van der Waals surface area (Å²) in [7, 11) is 0. The lowest BCUT2D eigenvalue weighted by molar-refractivity contribution is -0.120. The number of amides is 1. The molecule has 0 aromatic heterocycles. The lowest BCUT2D eigenvalue weighted by Crippen LogP contribution is -2.45. The quantitative estimate of drug-likeness (QED) is 0.794. The zero-order valence-electron chi connectivity index (χ0n) is 8.36. The molecule has 1 heterocycles. The highest BCUT2D eigenvalue weighted by Crippen LogP contribution is 2.40. The monoisotopic (exact) mass is 220 g/mol. The summed E-state index contributed by atoms with van der Waals surface area (Å²) in [5.74, 6) is -0.352. The van der Waals surface area contributed by atoms with Crippen molar-refractivity contribution in [3.63, 3.8) is 0 Å². The maximum Gasteiger partial charge on any atom is 0.253 e. The fraction of sp³-hybridized carbons (Fsp3) is 0.182. The number of rotatable bonds is 2. The van der Waals surface area contributed by atoms with Crippen molar-refractivity contribution in [2.45, 2.75) is 11.8 Å². The number of carbonyl (C=O) groups excluding carboxylic acids is 1. The van der Waals surface area contributed by atoms with E-state index in [2.05, 4.69) is 5.32 Å². The highest BCUT2D eigenvalue weighted by atomic mass is 32.2. The average Bonchev–Trinajstić information content (AvgIpc) is 2.64. The molecule has 0 spiro atoms. The molecule has 0 bridgehead atoms. The molecule has 1 aromatic rings. The van der Waals surface area contributed by atoms with E-state index in [1.807, 2.05) is 36.5 Å². The van der Waals surface area contributed by atoms with Gasteiger partial charge in [0.1, 0.15) is 0 Å². The fourth-order valence-corrected chi connectivity index (χ4v) is 2.38. The summed E-state index contributed by atoms with van der Waals surface area (Å²) in [4.78, 5) is 11.5. The van der Waals surface area contributed by atoms with Gasteiger partial charge in [0.15, 0.2) is 4.87 Å². The van der Waals surface area contributed by atoms with Gasteiger partial charge in [-0.3, -0.25) is 4.79 Å². The normalized spacial score (nSPS) is 24.5. The van der Waals surface area contributed by atoms with E-state index in [9.17, 15) is 4.79 Å². The number of benzene rings is 1. The number of primary amides is 1. The minimum atomic E-state index is -0.717. The SMILES string of the molecule is CC1(C(N)=O)NC=C(c2ccccc2)S1. The highest BCUT2D eigenvalue weighted by molar-refractivity contribution is 8.10. The first-order valence-corrected chi connectivity index (χ1v) is 5.46. The predicted octanol–water partition coefficient (Wildman–Crippen LogP) is 1.52. The smallest absolute Gasteiger partial charge is 0.253 e. The Labute approximate surface area is 92.7 Å². The Kier molecular flexibility index (Phi) is 2.44. The summed E-state index contributed by atoms with van der Waals surface area (Å²) in [6, 6.07) is 9.91. The molecule has 3 nitrogen and oxygen atoms in total. The second-order valence-corrected chi connectivity index (χ2v) is 4.98. The topological polar surface area (TPSA) is 55.1 Å². The molecular weight excluding hydrogens is 208 g/mol. The minimum absolute atomic E-state index is 0.352. The zero-order chi connectivity index (χ0) is 10.9. The van der Waals surface area contributed by atoms with Crippen LogP contribution in [0.3, 0.4) is 0 Å². The molecule has 0 saturated heterocycles. The van der Waals surface area contributed by atoms with Gasteiger partial charge in [-0.2, -0.15) is 0 Å². The van der Waals surface area contributed by atoms with Crippen LogP contribution >= 0.6 is 11.8 Å². The Balaban J connectivity index is 2.21. The van der Waals surface area contributed by atoms with Crippen molar-refractivity contribution >= 4 is 22.6 Å². The van der Waals surface area contributed by atoms with Gasteiger partial charge < -0.3 is 11.1 Å². The number of thioether (sulfide) groups is 1. The van der Waals surface area contributed by atoms with E-state index in [0.717, 1.165) is 10.5 Å². The summed E-state index contributed by atoms with van der Waals surface area (Å²) in [5, 5.41) is 3.01. The van der Waals surface area contributed by atoms with Crippen LogP contribution in [0.2, 0.25) is 0 Å². The van der Waals surface area contributed by atoms with Crippen molar-refractivity contribution in [3.8, 4) is 0 Å². The van der Waals surface area contributed by atoms with Crippen LogP contribution < -0.4 is 11.1 Å². The minimum Gasteiger partial charge on any atom is -0.368 e. The van der Waals surface area contributed by atoms with Gasteiger partial charge in [0.2, 0.25) is 0 Å². The first-order chi connectivity index (χ1) is 7.12. The first-order valence-electron chi connectivity index (χ1n) is 4.64. The van der Waals surface area contributed by atoms with Crippen LogP contribution in [0.25, 0.3) is 4.91 Å². The standard InChI is InChI=1S/C11H12N2OS/c1-11(10(12)14)13-7-9(15-11)8-5-3-2-4-6-8/h2-7,13H,1H3,(H2,12,14). The first kappa shape index (κ1) is 10.1. The van der Waals surface area contributed by atoms with Gasteiger partial charge in [0, 0.05) is 11.1 Å². The molecule has 0 fully saturated rings. The van der Waals surface area contributed by atoms with Crippen molar-refractivity contribution < 1.29 is 4.79 Å². The second-order valence-electron chi connectivity index (χ2n) is 3.52. The van der Waals surface area contributed by atoms with Gasteiger partial charge in [-0.1, -0.05) is 42.1 Å². The molecule has 15 heavy (non-hydrogen) atoms. The van der Waals surface area contributed by atoms with Gasteiger partial charge in [-0.15, -0.1) is 0 Å². The Morgan fingerprint density at radius 2 is 2.07 bits per heavy atom. The second kappa shape index (κ2) is 3.62. The number of hydrogen-bond acceptors (Lipinski definition) is 3. The van der Waals surface area contributed by atoms with Crippen molar-refractivity contribution in [3.05, 3.63) is 42.1 Å². The molecule has 1 amide bonds. The van der Waals surface area contributed by atoms with Gasteiger partial charge in [0.05, 0.1) is 0 Å². The van der Waals surface area contributed by atoms with E-state index in [4.69, 9.17) is 5.73 Å². The summed E-state index contributed by atoms with van der Waals surface area (Å²) in [6.07, 6.45) is 1.84. The molecule has 1 aliphatic heterocycles. The predicted molar refractivity (Wildman–Crippen MR) is 62.7 cm³/mol. The Morgan fingerprint density at radius 3 is 2.60 bits per heavy atom. The van der Waals surface area contributed by atoms with Gasteiger partial charge in [0.25, 0.3) is 5.91 Å². The average molecular weight is 220 g/mol. The molecule has 1 unspecified atom stereocenters. The van der Waals surface area contributed by atoms with Crippen LogP contribution in [0.1, 0.15) is 12.5 Å². The van der Waals surface area contributed by atoms with Crippen molar-refractivity contribution in [1.29, 1.82) is 0 Å². The van der Waals surface area contributed by atoms with Crippen molar-refractivity contribution in [2.24, 2.45) is 5.73 Å². The molecule has 78 valence electrons. The zero-order valence-corrected chi connectivity index (χ0v) is 9.17. The van der Waals surface area contributed by atoms with E-state index in [0.29, 0.717) is 0 Å². The number of carbonyl (C=O) groups is 1. The van der Waals surface area contributed by atoms with E-state index in [1.165, 1.54) is 11.8 Å². The summed E-state index contributed by atoms with van der Waals surface area (Å²) in [6.45, 7) is 1.78. The Hall–Kier alpha value is -1.42. The van der Waals surface area contributed by atoms with Gasteiger partial charge >= 0.3 is 0 Å². The van der Waals surface area contributed by atoms with Crippen LogP contribution in [-0.4, -0.2) is 10.8 Å². The molecule has 1 atom stereocenters. The van der Waals surface area contributed by atoms with Crippen LogP contribution in [0.15, 0.2) is 36.5 Å². The third kappa shape index (κ3) is 1.85. The Morgan fingerprint density at radius 1 is 1.40 bits per heavy atom. The number of nitrogens with two attached hydrogens (primary N) is 1. The van der Waals surface area contributed by atoms with Crippen LogP contribution in [0.5, 0.6) is 0 Å². The molecule has 0 aliphatic carbocycles. The molecule has 3 N–H and O–H groups in total. The number of hydrogen-bond donors (Lipinski definition) is 2. The molecule has 4 heteroatoms. The lowest BCUT2D eigenvalue weighted by Gasteiger charge is -2.19. The maximum atomic E-state index is 11.2. The van der Waals surface area contributed by atoms with Crippen LogP contribution in [-0.2, 0) is 4.79 Å². The summed E-state index contributed by atoms with van der Waals surface area (Å²) >= 11 is 1.45. The molecular formula is C11H12N2OS. The van der Waals surface area contributed by atoms with Gasteiger partial charge in [-0.05, 0) is 12.5 Å². The Bertz CT molecular complexity index is 416. The third-order valence-corrected chi connectivity index (χ3v) is 3.62. The lowest BCUT2D eigenvalue weighted by atomic mass is 10.2. The molecule has 0 saturated carbocycles. The van der Waals surface area contributed by atoms with Crippen LogP contribution in [0, 0.1) is 0 Å². The van der Waals surface area contributed by atoms with Crippen molar-refractivity contribution in [2.75, 3.05) is 0 Å².